The minimum Gasteiger partial charge on any atom is -0.455 e. The van der Waals surface area contributed by atoms with Crippen LogP contribution < -0.4 is 0 Å². The summed E-state index contributed by atoms with van der Waals surface area (Å²) in [7, 11) is 0. The van der Waals surface area contributed by atoms with Gasteiger partial charge in [0.1, 0.15) is 11.2 Å². The van der Waals surface area contributed by atoms with Crippen molar-refractivity contribution in [2.75, 3.05) is 0 Å². The van der Waals surface area contributed by atoms with Gasteiger partial charge in [0, 0.05) is 42.8 Å². The molecule has 1 aliphatic carbocycles. The first-order chi connectivity index (χ1) is 28.2. The van der Waals surface area contributed by atoms with Crippen molar-refractivity contribution in [3.63, 3.8) is 0 Å². The lowest BCUT2D eigenvalue weighted by atomic mass is 9.67. The van der Waals surface area contributed by atoms with E-state index in [0.29, 0.717) is 17.5 Å². The molecule has 0 amide bonds. The molecule has 0 radical (unpaired) electrons. The molecule has 3 heterocycles. The Bertz CT molecular complexity index is 3120. The highest BCUT2D eigenvalue weighted by Crippen LogP contribution is 2.62. The van der Waals surface area contributed by atoms with Crippen LogP contribution in [0.2, 0.25) is 0 Å². The Balaban J connectivity index is 1.05. The van der Waals surface area contributed by atoms with Gasteiger partial charge in [-0.2, -0.15) is 0 Å². The van der Waals surface area contributed by atoms with Gasteiger partial charge in [-0.3, -0.25) is 0 Å². The lowest BCUT2D eigenvalue weighted by Gasteiger charge is -2.39. The molecule has 12 rings (SSSR count). The van der Waals surface area contributed by atoms with E-state index in [4.69, 9.17) is 19.4 Å². The molecule has 5 heteroatoms. The topological polar surface area (TPSA) is 51.8 Å². The van der Waals surface area contributed by atoms with Gasteiger partial charge in [0.05, 0.1) is 5.41 Å². The Hall–Kier alpha value is -7.08. The molecule has 8 aromatic carbocycles. The zero-order valence-corrected chi connectivity index (χ0v) is 31.4. The van der Waals surface area contributed by atoms with Crippen molar-refractivity contribution in [1.82, 2.24) is 15.0 Å². The van der Waals surface area contributed by atoms with E-state index >= 15 is 0 Å². The third-order valence-electron chi connectivity index (χ3n) is 11.6. The molecule has 0 fully saturated rings. The molecule has 4 nitrogen and oxygen atoms in total. The molecule has 0 unspecified atom stereocenters. The Morgan fingerprint density at radius 2 is 0.895 bits per heavy atom. The average Bonchev–Trinajstić information content (AvgIpc) is 3.79. The van der Waals surface area contributed by atoms with Gasteiger partial charge in [-0.1, -0.05) is 169 Å². The van der Waals surface area contributed by atoms with Crippen LogP contribution >= 0.6 is 11.8 Å². The van der Waals surface area contributed by atoms with Gasteiger partial charge in [-0.15, -0.1) is 0 Å². The van der Waals surface area contributed by atoms with Crippen molar-refractivity contribution < 1.29 is 4.42 Å². The van der Waals surface area contributed by atoms with Crippen molar-refractivity contribution in [2.45, 2.75) is 15.2 Å². The summed E-state index contributed by atoms with van der Waals surface area (Å²) in [4.78, 5) is 17.5. The molecule has 1 spiro atoms. The monoisotopic (exact) mass is 745 g/mol. The molecular formula is C52H31N3OS. The largest absolute Gasteiger partial charge is 0.455 e. The van der Waals surface area contributed by atoms with Gasteiger partial charge in [0.25, 0.3) is 0 Å². The summed E-state index contributed by atoms with van der Waals surface area (Å²) >= 11 is 1.87. The highest BCUT2D eigenvalue weighted by molar-refractivity contribution is 7.99. The standard InChI is InChI=1S/C52H31N3OS/c1-3-15-32(16-4-1)49-53-50(33-17-5-2-6-18-33)55-51(54-49)35-20-13-19-34(29-35)36-22-14-23-38-40-30-44-39(31-45(40)56-48(36)38)37-21-7-8-24-41(37)52(44)42-25-9-11-27-46(42)57-47-28-12-10-26-43(47)52/h1-31H. The van der Waals surface area contributed by atoms with Crippen LogP contribution in [0.15, 0.2) is 202 Å². The highest BCUT2D eigenvalue weighted by Gasteiger charge is 2.50. The predicted octanol–water partition coefficient (Wildman–Crippen LogP) is 13.3. The number of hydrogen-bond donors (Lipinski definition) is 0. The second-order valence-electron chi connectivity index (χ2n) is 14.7. The van der Waals surface area contributed by atoms with E-state index in [0.717, 1.165) is 49.8 Å². The molecule has 0 saturated heterocycles. The summed E-state index contributed by atoms with van der Waals surface area (Å²) in [5.41, 5.74) is 13.9. The average molecular weight is 746 g/mol. The fourth-order valence-electron chi connectivity index (χ4n) is 9.13. The molecule has 2 aliphatic rings. The lowest BCUT2D eigenvalue weighted by molar-refractivity contribution is 0.669. The molecule has 0 atom stereocenters. The van der Waals surface area contributed by atoms with E-state index in [9.17, 15) is 0 Å². The maximum atomic E-state index is 6.95. The Kier molecular flexibility index (Phi) is 7.04. The molecule has 1 aliphatic heterocycles. The second-order valence-corrected chi connectivity index (χ2v) is 15.8. The van der Waals surface area contributed by atoms with E-state index in [-0.39, 0.29) is 0 Å². The van der Waals surface area contributed by atoms with Crippen molar-refractivity contribution in [3.05, 3.63) is 210 Å². The number of aromatic nitrogens is 3. The smallest absolute Gasteiger partial charge is 0.164 e. The van der Waals surface area contributed by atoms with E-state index in [1.54, 1.807) is 0 Å². The molecular weight excluding hydrogens is 715 g/mol. The number of hydrogen-bond acceptors (Lipinski definition) is 5. The zero-order valence-electron chi connectivity index (χ0n) is 30.6. The SMILES string of the molecule is c1ccc(-c2nc(-c3ccccc3)nc(-c3cccc(-c4cccc5c4oc4cc6c(cc45)C4(c5ccccc5Sc5ccccc54)c4ccccc4-6)c3)n2)cc1. The zero-order chi connectivity index (χ0) is 37.5. The number of fused-ring (bicyclic) bond motifs is 12. The van der Waals surface area contributed by atoms with E-state index in [1.165, 1.54) is 43.2 Å². The summed E-state index contributed by atoms with van der Waals surface area (Å²) in [6.07, 6.45) is 0. The summed E-state index contributed by atoms with van der Waals surface area (Å²) in [5.74, 6) is 1.89. The van der Waals surface area contributed by atoms with Crippen LogP contribution in [0.4, 0.5) is 0 Å². The van der Waals surface area contributed by atoms with E-state index in [2.05, 4.69) is 127 Å². The molecule has 266 valence electrons. The Morgan fingerprint density at radius 3 is 1.58 bits per heavy atom. The normalized spacial score (nSPS) is 13.3. The third-order valence-corrected chi connectivity index (χ3v) is 12.7. The summed E-state index contributed by atoms with van der Waals surface area (Å²) in [6.45, 7) is 0. The molecule has 10 aromatic rings. The van der Waals surface area contributed by atoms with Gasteiger partial charge in [-0.25, -0.2) is 15.0 Å². The van der Waals surface area contributed by atoms with Gasteiger partial charge in [0.15, 0.2) is 17.5 Å². The first-order valence-electron chi connectivity index (χ1n) is 19.2. The predicted molar refractivity (Wildman–Crippen MR) is 230 cm³/mol. The summed E-state index contributed by atoms with van der Waals surface area (Å²) in [5, 5.41) is 2.20. The summed E-state index contributed by atoms with van der Waals surface area (Å²) < 4.78 is 6.95. The number of nitrogens with zero attached hydrogens (tertiary/aromatic N) is 3. The number of furan rings is 1. The molecule has 0 saturated carbocycles. The molecule has 2 aromatic heterocycles. The van der Waals surface area contributed by atoms with Gasteiger partial charge < -0.3 is 4.42 Å². The first-order valence-corrected chi connectivity index (χ1v) is 20.0. The minimum absolute atomic E-state index is 0.449. The maximum absolute atomic E-state index is 6.95. The van der Waals surface area contributed by atoms with Crippen molar-refractivity contribution >= 4 is 33.7 Å². The van der Waals surface area contributed by atoms with Crippen LogP contribution in [0.3, 0.4) is 0 Å². The van der Waals surface area contributed by atoms with Crippen LogP contribution in [0.25, 0.3) is 78.4 Å². The molecule has 0 bridgehead atoms. The summed E-state index contributed by atoms with van der Waals surface area (Å²) in [6, 6.07) is 66.6. The fourth-order valence-corrected chi connectivity index (χ4v) is 10.3. The van der Waals surface area contributed by atoms with E-state index in [1.807, 2.05) is 72.4 Å². The fraction of sp³-hybridized carbons (Fsp3) is 0.0192. The van der Waals surface area contributed by atoms with Crippen LogP contribution in [-0.2, 0) is 5.41 Å². The number of para-hydroxylation sites is 1. The second kappa shape index (κ2) is 12.5. The quantitative estimate of drug-likeness (QED) is 0.180. The van der Waals surface area contributed by atoms with Crippen LogP contribution in [-0.4, -0.2) is 15.0 Å². The molecule has 0 N–H and O–H groups in total. The Morgan fingerprint density at radius 1 is 0.368 bits per heavy atom. The van der Waals surface area contributed by atoms with Gasteiger partial charge >= 0.3 is 0 Å². The molecule has 57 heavy (non-hydrogen) atoms. The van der Waals surface area contributed by atoms with E-state index < -0.39 is 5.41 Å². The third kappa shape index (κ3) is 4.79. The lowest BCUT2D eigenvalue weighted by Crippen LogP contribution is -2.31. The highest BCUT2D eigenvalue weighted by atomic mass is 32.2. The van der Waals surface area contributed by atoms with Crippen LogP contribution in [0.1, 0.15) is 22.3 Å². The number of rotatable bonds is 4. The van der Waals surface area contributed by atoms with Crippen molar-refractivity contribution in [3.8, 4) is 56.4 Å². The van der Waals surface area contributed by atoms with Crippen molar-refractivity contribution in [1.29, 1.82) is 0 Å². The Labute approximate surface area is 333 Å². The number of benzene rings is 8. The van der Waals surface area contributed by atoms with Crippen LogP contribution in [0.5, 0.6) is 0 Å². The first kappa shape index (κ1) is 32.2. The van der Waals surface area contributed by atoms with Crippen LogP contribution in [0, 0.1) is 0 Å². The van der Waals surface area contributed by atoms with Gasteiger partial charge in [0.2, 0.25) is 0 Å². The minimum atomic E-state index is -0.449. The van der Waals surface area contributed by atoms with Crippen molar-refractivity contribution in [2.24, 2.45) is 0 Å². The maximum Gasteiger partial charge on any atom is 0.164 e. The van der Waals surface area contributed by atoms with Gasteiger partial charge in [-0.05, 0) is 69.3 Å².